The Kier molecular flexibility index (Phi) is 5.12. The number of hydrogen-bond donors (Lipinski definition) is 1. The first kappa shape index (κ1) is 17.5. The molecular formula is C17H16FN3O2S2. The van der Waals surface area contributed by atoms with Crippen LogP contribution >= 0.6 is 11.3 Å². The van der Waals surface area contributed by atoms with Gasteiger partial charge in [-0.25, -0.2) is 14.8 Å². The Morgan fingerprint density at radius 1 is 1.12 bits per heavy atom. The summed E-state index contributed by atoms with van der Waals surface area (Å²) in [4.78, 5) is 4.21. The number of halogens is 1. The van der Waals surface area contributed by atoms with Crippen molar-refractivity contribution in [3.63, 3.8) is 0 Å². The molecule has 0 fully saturated rings. The molecule has 0 bridgehead atoms. The number of hydrogen-bond acceptors (Lipinski definition) is 5. The maximum atomic E-state index is 14.0. The van der Waals surface area contributed by atoms with Gasteiger partial charge in [-0.3, -0.25) is 0 Å². The van der Waals surface area contributed by atoms with Gasteiger partial charge in [-0.15, -0.1) is 11.3 Å². The number of nitrogens with zero attached hydrogens (tertiary/aromatic N) is 2. The first-order chi connectivity index (χ1) is 12.0. The third-order valence-corrected chi connectivity index (χ3v) is 6.06. The second-order valence-corrected chi connectivity index (χ2v) is 7.93. The molecule has 1 unspecified atom stereocenters. The SMILES string of the molecule is CC(NN(c1nccs1)S(=O)(=O)c1ccccc1)c1ccccc1F. The highest BCUT2D eigenvalue weighted by Crippen LogP contribution is 2.26. The summed E-state index contributed by atoms with van der Waals surface area (Å²) in [6.07, 6.45) is 1.52. The lowest BCUT2D eigenvalue weighted by atomic mass is 10.1. The highest BCUT2D eigenvalue weighted by atomic mass is 32.2. The van der Waals surface area contributed by atoms with Crippen molar-refractivity contribution in [2.24, 2.45) is 0 Å². The van der Waals surface area contributed by atoms with Crippen LogP contribution in [-0.4, -0.2) is 13.4 Å². The monoisotopic (exact) mass is 377 g/mol. The molecule has 1 atom stereocenters. The van der Waals surface area contributed by atoms with Crippen LogP contribution in [0, 0.1) is 5.82 Å². The molecule has 0 spiro atoms. The number of sulfonamides is 1. The molecule has 2 aromatic carbocycles. The van der Waals surface area contributed by atoms with E-state index in [1.165, 1.54) is 35.7 Å². The lowest BCUT2D eigenvalue weighted by Crippen LogP contribution is -2.44. The molecule has 0 aliphatic heterocycles. The van der Waals surface area contributed by atoms with Crippen LogP contribution < -0.4 is 9.84 Å². The summed E-state index contributed by atoms with van der Waals surface area (Å²) in [6, 6.07) is 13.7. The largest absolute Gasteiger partial charge is 0.279 e. The van der Waals surface area contributed by atoms with E-state index >= 15 is 0 Å². The molecule has 0 saturated carbocycles. The van der Waals surface area contributed by atoms with Crippen LogP contribution in [0.4, 0.5) is 9.52 Å². The third-order valence-electron chi connectivity index (χ3n) is 3.56. The summed E-state index contributed by atoms with van der Waals surface area (Å²) in [7, 11) is -3.89. The van der Waals surface area contributed by atoms with Gasteiger partial charge in [-0.2, -0.15) is 12.8 Å². The Labute approximate surface area is 149 Å². The smallest absolute Gasteiger partial charge is 0.227 e. The van der Waals surface area contributed by atoms with Gasteiger partial charge >= 0.3 is 0 Å². The topological polar surface area (TPSA) is 62.3 Å². The van der Waals surface area contributed by atoms with Crippen LogP contribution in [0.1, 0.15) is 18.5 Å². The maximum Gasteiger partial charge on any atom is 0.279 e. The average molecular weight is 377 g/mol. The molecule has 130 valence electrons. The number of aromatic nitrogens is 1. The Morgan fingerprint density at radius 3 is 2.44 bits per heavy atom. The average Bonchev–Trinajstić information content (AvgIpc) is 3.14. The second kappa shape index (κ2) is 7.30. The molecule has 8 heteroatoms. The van der Waals surface area contributed by atoms with Crippen molar-refractivity contribution >= 4 is 26.5 Å². The van der Waals surface area contributed by atoms with Gasteiger partial charge in [0.05, 0.1) is 10.9 Å². The van der Waals surface area contributed by atoms with Gasteiger partial charge in [-0.05, 0) is 25.1 Å². The minimum absolute atomic E-state index is 0.124. The van der Waals surface area contributed by atoms with Gasteiger partial charge in [0.15, 0.2) is 0 Å². The fraction of sp³-hybridized carbons (Fsp3) is 0.118. The molecule has 0 radical (unpaired) electrons. The van der Waals surface area contributed by atoms with Gasteiger partial charge in [0.1, 0.15) is 5.82 Å². The van der Waals surface area contributed by atoms with Crippen molar-refractivity contribution in [2.75, 3.05) is 4.41 Å². The van der Waals surface area contributed by atoms with Crippen molar-refractivity contribution in [3.8, 4) is 0 Å². The fourth-order valence-corrected chi connectivity index (χ4v) is 4.51. The van der Waals surface area contributed by atoms with Crippen LogP contribution in [0.15, 0.2) is 71.1 Å². The molecule has 0 saturated heterocycles. The molecule has 0 aliphatic carbocycles. The van der Waals surface area contributed by atoms with Crippen LogP contribution in [0.25, 0.3) is 0 Å². The summed E-state index contributed by atoms with van der Waals surface area (Å²) in [5, 5.41) is 1.94. The van der Waals surface area contributed by atoms with Crippen LogP contribution in [0.2, 0.25) is 0 Å². The van der Waals surface area contributed by atoms with Crippen molar-refractivity contribution in [3.05, 3.63) is 77.6 Å². The molecule has 5 nitrogen and oxygen atoms in total. The van der Waals surface area contributed by atoms with Gasteiger partial charge < -0.3 is 0 Å². The standard InChI is InChI=1S/C17H16FN3O2S2/c1-13(15-9-5-6-10-16(15)18)20-21(17-19-11-12-24-17)25(22,23)14-7-3-2-4-8-14/h2-13,20H,1H3. The highest BCUT2D eigenvalue weighted by Gasteiger charge is 2.29. The number of anilines is 1. The van der Waals surface area contributed by atoms with Crippen molar-refractivity contribution < 1.29 is 12.8 Å². The molecule has 1 aromatic heterocycles. The van der Waals surface area contributed by atoms with Crippen molar-refractivity contribution in [1.29, 1.82) is 0 Å². The molecule has 1 heterocycles. The normalized spacial score (nSPS) is 12.7. The number of benzene rings is 2. The lowest BCUT2D eigenvalue weighted by molar-refractivity contribution is 0.524. The number of hydrazine groups is 1. The number of nitrogens with one attached hydrogen (secondary N) is 1. The minimum atomic E-state index is -3.89. The van der Waals surface area contributed by atoms with Crippen molar-refractivity contribution in [1.82, 2.24) is 10.4 Å². The summed E-state index contributed by atoms with van der Waals surface area (Å²) in [5.41, 5.74) is 3.24. The van der Waals surface area contributed by atoms with E-state index in [2.05, 4.69) is 10.4 Å². The first-order valence-electron chi connectivity index (χ1n) is 7.50. The molecule has 3 aromatic rings. The van der Waals surface area contributed by atoms with Crippen LogP contribution in [0.5, 0.6) is 0 Å². The second-order valence-electron chi connectivity index (χ2n) is 5.27. The van der Waals surface area contributed by atoms with E-state index in [0.29, 0.717) is 5.56 Å². The third kappa shape index (κ3) is 3.71. The van der Waals surface area contributed by atoms with E-state index in [0.717, 1.165) is 4.41 Å². The molecule has 25 heavy (non-hydrogen) atoms. The zero-order valence-electron chi connectivity index (χ0n) is 13.3. The van der Waals surface area contributed by atoms with Gasteiger partial charge in [0.25, 0.3) is 10.0 Å². The number of rotatable bonds is 6. The zero-order valence-corrected chi connectivity index (χ0v) is 15.0. The van der Waals surface area contributed by atoms with E-state index in [1.54, 1.807) is 48.7 Å². The number of thiazole rings is 1. The molecule has 0 amide bonds. The van der Waals surface area contributed by atoms with E-state index in [1.807, 2.05) is 0 Å². The summed E-state index contributed by atoms with van der Waals surface area (Å²) in [6.45, 7) is 1.69. The molecule has 1 N–H and O–H groups in total. The van der Waals surface area contributed by atoms with E-state index in [9.17, 15) is 12.8 Å². The lowest BCUT2D eigenvalue weighted by Gasteiger charge is -2.26. The van der Waals surface area contributed by atoms with Gasteiger partial charge in [-0.1, -0.05) is 36.4 Å². The maximum absolute atomic E-state index is 14.0. The van der Waals surface area contributed by atoms with Gasteiger partial charge in [0.2, 0.25) is 5.13 Å². The summed E-state index contributed by atoms with van der Waals surface area (Å²) >= 11 is 1.17. The molecular weight excluding hydrogens is 361 g/mol. The predicted molar refractivity (Wildman–Crippen MR) is 96.2 cm³/mol. The first-order valence-corrected chi connectivity index (χ1v) is 9.82. The Morgan fingerprint density at radius 2 is 1.80 bits per heavy atom. The Bertz CT molecular complexity index is 932. The molecule has 3 rings (SSSR count). The minimum Gasteiger partial charge on any atom is -0.227 e. The van der Waals surface area contributed by atoms with Gasteiger partial charge in [0, 0.05) is 17.1 Å². The van der Waals surface area contributed by atoms with E-state index in [4.69, 9.17) is 0 Å². The van der Waals surface area contributed by atoms with Crippen molar-refractivity contribution in [2.45, 2.75) is 17.9 Å². The van der Waals surface area contributed by atoms with Crippen LogP contribution in [0.3, 0.4) is 0 Å². The summed E-state index contributed by atoms with van der Waals surface area (Å²) < 4.78 is 41.1. The van der Waals surface area contributed by atoms with E-state index < -0.39 is 21.9 Å². The van der Waals surface area contributed by atoms with Crippen LogP contribution in [-0.2, 0) is 10.0 Å². The Balaban J connectivity index is 1.98. The fourth-order valence-electron chi connectivity index (χ4n) is 2.31. The highest BCUT2D eigenvalue weighted by molar-refractivity contribution is 7.93. The Hall–Kier alpha value is -2.29. The van der Waals surface area contributed by atoms with E-state index in [-0.39, 0.29) is 10.0 Å². The zero-order chi connectivity index (χ0) is 17.9. The summed E-state index contributed by atoms with van der Waals surface area (Å²) in [5.74, 6) is -0.404. The quantitative estimate of drug-likeness (QED) is 0.665. The molecule has 0 aliphatic rings. The predicted octanol–water partition coefficient (Wildman–Crippen LogP) is 3.74.